The zero-order valence-corrected chi connectivity index (χ0v) is 17.9. The van der Waals surface area contributed by atoms with Crippen LogP contribution in [0.1, 0.15) is 42.8 Å². The van der Waals surface area contributed by atoms with Gasteiger partial charge in [-0.25, -0.2) is 4.98 Å². The topological polar surface area (TPSA) is 100 Å². The van der Waals surface area contributed by atoms with Crippen LogP contribution in [0.5, 0.6) is 5.88 Å². The summed E-state index contributed by atoms with van der Waals surface area (Å²) in [6.45, 7) is 2.79. The summed E-state index contributed by atoms with van der Waals surface area (Å²) >= 11 is 0. The average molecular weight is 425 g/mol. The first kappa shape index (κ1) is 21.2. The zero-order valence-electron chi connectivity index (χ0n) is 17.9. The van der Waals surface area contributed by atoms with Crippen molar-refractivity contribution in [3.8, 4) is 5.88 Å². The number of fused-ring (bicyclic) bond motifs is 1. The number of benzene rings is 1. The molecule has 0 saturated carbocycles. The van der Waals surface area contributed by atoms with E-state index in [1.165, 1.54) is 7.11 Å². The highest BCUT2D eigenvalue weighted by Gasteiger charge is 2.35. The molecule has 0 spiro atoms. The van der Waals surface area contributed by atoms with Gasteiger partial charge in [0.2, 0.25) is 11.8 Å². The molecule has 3 atom stereocenters. The van der Waals surface area contributed by atoms with E-state index >= 15 is 0 Å². The molecule has 3 aromatic rings. The lowest BCUT2D eigenvalue weighted by Crippen LogP contribution is -2.18. The summed E-state index contributed by atoms with van der Waals surface area (Å²) in [6.07, 6.45) is 4.52. The molecule has 1 saturated heterocycles. The van der Waals surface area contributed by atoms with Crippen molar-refractivity contribution < 1.29 is 19.0 Å². The van der Waals surface area contributed by atoms with Crippen molar-refractivity contribution in [2.45, 2.75) is 38.5 Å². The SMILES string of the molecule is COCCCC1CC(C)OC1n1cnc2c(OC)nc(NC(=O)c3ccccc3)nc21. The number of rotatable bonds is 8. The highest BCUT2D eigenvalue weighted by molar-refractivity contribution is 6.03. The zero-order chi connectivity index (χ0) is 21.8. The van der Waals surface area contributed by atoms with Crippen LogP contribution in [0.25, 0.3) is 11.2 Å². The van der Waals surface area contributed by atoms with Gasteiger partial charge in [0.1, 0.15) is 6.23 Å². The van der Waals surface area contributed by atoms with Gasteiger partial charge < -0.3 is 14.2 Å². The third-order valence-electron chi connectivity index (χ3n) is 5.45. The number of ether oxygens (including phenoxy) is 3. The molecule has 1 aliphatic heterocycles. The van der Waals surface area contributed by atoms with Crippen molar-refractivity contribution in [2.24, 2.45) is 5.92 Å². The molecule has 31 heavy (non-hydrogen) atoms. The third kappa shape index (κ3) is 4.52. The molecule has 1 aromatic carbocycles. The number of amides is 1. The summed E-state index contributed by atoms with van der Waals surface area (Å²) in [7, 11) is 3.23. The Morgan fingerprint density at radius 3 is 2.81 bits per heavy atom. The first-order chi connectivity index (χ1) is 15.1. The summed E-state index contributed by atoms with van der Waals surface area (Å²) < 4.78 is 18.8. The lowest BCUT2D eigenvalue weighted by molar-refractivity contribution is -0.00495. The standard InChI is InChI=1S/C22H27N5O4/c1-14-12-16(10-7-11-29-2)21(31-14)27-13-23-17-18(27)24-22(26-20(17)30-3)25-19(28)15-8-5-4-6-9-15/h4-6,8-9,13-14,16,21H,7,10-12H2,1-3H3,(H,24,25,26,28). The molecule has 1 fully saturated rings. The number of hydrogen-bond acceptors (Lipinski definition) is 7. The van der Waals surface area contributed by atoms with E-state index in [9.17, 15) is 4.79 Å². The average Bonchev–Trinajstić information content (AvgIpc) is 3.36. The first-order valence-electron chi connectivity index (χ1n) is 10.4. The Hall–Kier alpha value is -3.04. The van der Waals surface area contributed by atoms with Crippen LogP contribution < -0.4 is 10.1 Å². The fourth-order valence-corrected chi connectivity index (χ4v) is 4.03. The Labute approximate surface area is 180 Å². The van der Waals surface area contributed by atoms with Gasteiger partial charge in [-0.05, 0) is 38.3 Å². The monoisotopic (exact) mass is 425 g/mol. The van der Waals surface area contributed by atoms with Gasteiger partial charge in [-0.1, -0.05) is 18.2 Å². The molecular formula is C22H27N5O4. The van der Waals surface area contributed by atoms with Crippen molar-refractivity contribution in [2.75, 3.05) is 26.1 Å². The molecule has 9 heteroatoms. The van der Waals surface area contributed by atoms with E-state index in [2.05, 4.69) is 27.2 Å². The van der Waals surface area contributed by atoms with Crippen molar-refractivity contribution in [3.63, 3.8) is 0 Å². The van der Waals surface area contributed by atoms with Gasteiger partial charge >= 0.3 is 0 Å². The first-order valence-corrected chi connectivity index (χ1v) is 10.4. The molecule has 4 rings (SSSR count). The molecule has 9 nitrogen and oxygen atoms in total. The molecule has 0 radical (unpaired) electrons. The van der Waals surface area contributed by atoms with E-state index in [0.717, 1.165) is 19.3 Å². The Bertz CT molecular complexity index is 1040. The van der Waals surface area contributed by atoms with E-state index in [1.807, 2.05) is 10.6 Å². The predicted octanol–water partition coefficient (Wildman–Crippen LogP) is 3.44. The van der Waals surface area contributed by atoms with Gasteiger partial charge in [-0.3, -0.25) is 14.7 Å². The molecule has 164 valence electrons. The molecule has 3 heterocycles. The van der Waals surface area contributed by atoms with Crippen molar-refractivity contribution in [3.05, 3.63) is 42.2 Å². The Morgan fingerprint density at radius 2 is 2.06 bits per heavy atom. The molecule has 1 aliphatic rings. The lowest BCUT2D eigenvalue weighted by Gasteiger charge is -2.20. The van der Waals surface area contributed by atoms with Crippen LogP contribution in [-0.4, -0.2) is 52.4 Å². The molecule has 0 bridgehead atoms. The minimum Gasteiger partial charge on any atom is -0.479 e. The van der Waals surface area contributed by atoms with Crippen molar-refractivity contribution in [1.82, 2.24) is 19.5 Å². The maximum absolute atomic E-state index is 12.6. The number of carbonyl (C=O) groups excluding carboxylic acids is 1. The number of carbonyl (C=O) groups is 1. The number of hydrogen-bond donors (Lipinski definition) is 1. The second-order valence-electron chi connectivity index (χ2n) is 7.67. The van der Waals surface area contributed by atoms with E-state index < -0.39 is 0 Å². The van der Waals surface area contributed by atoms with Crippen LogP contribution in [0, 0.1) is 5.92 Å². The summed E-state index contributed by atoms with van der Waals surface area (Å²) in [6, 6.07) is 8.92. The fraction of sp³-hybridized carbons (Fsp3) is 0.455. The van der Waals surface area contributed by atoms with Crippen molar-refractivity contribution in [1.29, 1.82) is 0 Å². The van der Waals surface area contributed by atoms with Crippen LogP contribution in [0.4, 0.5) is 5.95 Å². The van der Waals surface area contributed by atoms with E-state index in [4.69, 9.17) is 14.2 Å². The normalized spacial score (nSPS) is 20.8. The predicted molar refractivity (Wildman–Crippen MR) is 115 cm³/mol. The van der Waals surface area contributed by atoms with Gasteiger partial charge in [0.25, 0.3) is 5.91 Å². The van der Waals surface area contributed by atoms with Gasteiger partial charge in [-0.2, -0.15) is 9.97 Å². The van der Waals surface area contributed by atoms with E-state index in [1.54, 1.807) is 37.7 Å². The second-order valence-corrected chi connectivity index (χ2v) is 7.67. The van der Waals surface area contributed by atoms with Gasteiger partial charge in [0.05, 0.1) is 19.5 Å². The van der Waals surface area contributed by atoms with Crippen LogP contribution in [0.15, 0.2) is 36.7 Å². The fourth-order valence-electron chi connectivity index (χ4n) is 4.03. The van der Waals surface area contributed by atoms with Crippen LogP contribution >= 0.6 is 0 Å². The number of methoxy groups -OCH3 is 2. The Balaban J connectivity index is 1.65. The molecule has 3 unspecified atom stereocenters. The van der Waals surface area contributed by atoms with Crippen LogP contribution in [0.2, 0.25) is 0 Å². The van der Waals surface area contributed by atoms with Crippen LogP contribution in [-0.2, 0) is 9.47 Å². The maximum Gasteiger partial charge on any atom is 0.258 e. The van der Waals surface area contributed by atoms with Gasteiger partial charge in [-0.15, -0.1) is 0 Å². The minimum atomic E-state index is -0.295. The maximum atomic E-state index is 12.6. The number of anilines is 1. The summed E-state index contributed by atoms with van der Waals surface area (Å²) in [5, 5.41) is 2.75. The lowest BCUT2D eigenvalue weighted by atomic mass is 9.98. The number of nitrogens with one attached hydrogen (secondary N) is 1. The summed E-state index contributed by atoms with van der Waals surface area (Å²) in [4.78, 5) is 25.9. The van der Waals surface area contributed by atoms with Crippen LogP contribution in [0.3, 0.4) is 0 Å². The van der Waals surface area contributed by atoms with E-state index in [0.29, 0.717) is 35.1 Å². The van der Waals surface area contributed by atoms with Gasteiger partial charge in [0.15, 0.2) is 11.2 Å². The Morgan fingerprint density at radius 1 is 1.26 bits per heavy atom. The number of nitrogens with zero attached hydrogens (tertiary/aromatic N) is 4. The quantitative estimate of drug-likeness (QED) is 0.552. The highest BCUT2D eigenvalue weighted by Crippen LogP contribution is 2.39. The number of aromatic nitrogens is 4. The second kappa shape index (κ2) is 9.40. The highest BCUT2D eigenvalue weighted by atomic mass is 16.5. The minimum absolute atomic E-state index is 0.135. The molecular weight excluding hydrogens is 398 g/mol. The summed E-state index contributed by atoms with van der Waals surface area (Å²) in [5.74, 6) is 0.471. The van der Waals surface area contributed by atoms with E-state index in [-0.39, 0.29) is 24.2 Å². The summed E-state index contributed by atoms with van der Waals surface area (Å²) in [5.41, 5.74) is 1.61. The molecule has 2 aromatic heterocycles. The Kier molecular flexibility index (Phi) is 6.43. The molecule has 1 N–H and O–H groups in total. The number of imidazole rings is 1. The largest absolute Gasteiger partial charge is 0.479 e. The molecule has 1 amide bonds. The molecule has 0 aliphatic carbocycles. The van der Waals surface area contributed by atoms with Gasteiger partial charge in [0, 0.05) is 25.2 Å². The van der Waals surface area contributed by atoms with Crippen molar-refractivity contribution >= 4 is 23.0 Å². The third-order valence-corrected chi connectivity index (χ3v) is 5.45. The smallest absolute Gasteiger partial charge is 0.258 e.